The molecule has 0 aromatic heterocycles. The van der Waals surface area contributed by atoms with Crippen molar-refractivity contribution < 1.29 is 23.9 Å². The summed E-state index contributed by atoms with van der Waals surface area (Å²) in [6.07, 6.45) is 17.4. The third-order valence-corrected chi connectivity index (χ3v) is 13.8. The van der Waals surface area contributed by atoms with E-state index in [1.54, 1.807) is 26.3 Å². The molecule has 0 unspecified atom stereocenters. The van der Waals surface area contributed by atoms with Gasteiger partial charge in [-0.05, 0) is 113 Å². The normalized spacial score (nSPS) is 32.1. The van der Waals surface area contributed by atoms with E-state index < -0.39 is 11.7 Å². The number of nitrogens with one attached hydrogen (secondary N) is 2. The Bertz CT molecular complexity index is 1090. The molecule has 0 heterocycles. The fourth-order valence-corrected chi connectivity index (χ4v) is 11.0. The third kappa shape index (κ3) is 9.85. The first kappa shape index (κ1) is 37.5. The Kier molecular flexibility index (Phi) is 13.3. The molecule has 2 N–H and O–H groups in total. The van der Waals surface area contributed by atoms with Crippen LogP contribution in [0, 0.1) is 40.4 Å². The Balaban J connectivity index is 1.15. The molecule has 2 amide bonds. The number of unbranched alkanes of at least 4 members (excludes halogenated alkanes) is 1. The molecule has 9 heteroatoms. The van der Waals surface area contributed by atoms with Gasteiger partial charge >= 0.3 is 12.1 Å². The molecule has 4 rings (SSSR count). The Morgan fingerprint density at radius 1 is 0.957 bits per heavy atom. The highest BCUT2D eigenvalue weighted by atomic mass is 33.1. The number of amides is 2. The lowest BCUT2D eigenvalue weighted by Crippen LogP contribution is -2.50. The van der Waals surface area contributed by atoms with Gasteiger partial charge in [0, 0.05) is 19.5 Å². The Morgan fingerprint density at radius 2 is 1.70 bits per heavy atom. The maximum absolute atomic E-state index is 12.7. The van der Waals surface area contributed by atoms with E-state index in [9.17, 15) is 14.4 Å². The molecule has 0 saturated heterocycles. The fraction of sp³-hybridized carbons (Fsp3) is 0.865. The standard InChI is InChI=1S/C37H62N2O5S2/c1-25(2)10-8-9-11-26-13-15-30-29-14-12-27-22-28(16-18-37(27,7)31(29)17-19-36(26,30)6)43-33(41)24-46-45-23-32(40)38-20-21-39-34(42)44-35(3,4)5/h12,25-26,28-31H,8-11,13-24H2,1-7H3,(H,38,40)(H,39,42)/t26-,28-,29-,30-,31-,36+,37-/m0/s1. The summed E-state index contributed by atoms with van der Waals surface area (Å²) in [6.45, 7) is 15.9. The summed E-state index contributed by atoms with van der Waals surface area (Å²) in [5.41, 5.74) is 1.77. The van der Waals surface area contributed by atoms with Crippen molar-refractivity contribution in [3.05, 3.63) is 11.6 Å². The van der Waals surface area contributed by atoms with Gasteiger partial charge in [0.1, 0.15) is 17.5 Å². The second-order valence-corrected chi connectivity index (χ2v) is 18.9. The number of hydrogen-bond donors (Lipinski definition) is 2. The zero-order valence-electron chi connectivity index (χ0n) is 29.7. The van der Waals surface area contributed by atoms with Crippen molar-refractivity contribution in [1.82, 2.24) is 10.6 Å². The zero-order chi connectivity index (χ0) is 33.5. The number of hydrogen-bond acceptors (Lipinski definition) is 7. The summed E-state index contributed by atoms with van der Waals surface area (Å²) in [7, 11) is 2.71. The predicted molar refractivity (Wildman–Crippen MR) is 191 cm³/mol. The van der Waals surface area contributed by atoms with Gasteiger partial charge in [0.15, 0.2) is 0 Å². The highest BCUT2D eigenvalue weighted by Gasteiger charge is 2.58. The minimum atomic E-state index is -0.555. The first-order valence-corrected chi connectivity index (χ1v) is 20.6. The zero-order valence-corrected chi connectivity index (χ0v) is 31.3. The monoisotopic (exact) mass is 678 g/mol. The third-order valence-electron chi connectivity index (χ3n) is 11.7. The lowest BCUT2D eigenvalue weighted by molar-refractivity contribution is -0.148. The molecule has 4 aliphatic carbocycles. The van der Waals surface area contributed by atoms with Crippen LogP contribution in [0.4, 0.5) is 4.79 Å². The summed E-state index contributed by atoms with van der Waals surface area (Å²) >= 11 is 0. The Hall–Kier alpha value is -1.35. The molecule has 0 aromatic rings. The smallest absolute Gasteiger partial charge is 0.407 e. The number of ether oxygens (including phenoxy) is 2. The van der Waals surface area contributed by atoms with Gasteiger partial charge in [0.05, 0.1) is 5.75 Å². The molecule has 0 spiro atoms. The van der Waals surface area contributed by atoms with Crippen molar-refractivity contribution in [1.29, 1.82) is 0 Å². The minimum absolute atomic E-state index is 0.0368. The maximum atomic E-state index is 12.7. The SMILES string of the molecule is CC(C)CCCC[C@H]1CC[C@H]2[C@@H]3CC=C4C[C@@H](OC(=O)CSSCC(=O)NCCNC(=O)OC(C)(C)C)CC[C@]4(C)[C@H]3CC[C@]12C. The van der Waals surface area contributed by atoms with Crippen LogP contribution in [0.25, 0.3) is 0 Å². The van der Waals surface area contributed by atoms with Crippen LogP contribution in [0.3, 0.4) is 0 Å². The second kappa shape index (κ2) is 16.4. The van der Waals surface area contributed by atoms with Crippen LogP contribution in [0.5, 0.6) is 0 Å². The van der Waals surface area contributed by atoms with E-state index in [1.165, 1.54) is 79.4 Å². The Labute approximate surface area is 287 Å². The van der Waals surface area contributed by atoms with Crippen LogP contribution in [-0.4, -0.2) is 54.3 Å². The summed E-state index contributed by atoms with van der Waals surface area (Å²) < 4.78 is 11.1. The van der Waals surface area contributed by atoms with Crippen LogP contribution < -0.4 is 10.6 Å². The quantitative estimate of drug-likeness (QED) is 0.0822. The molecule has 7 nitrogen and oxygen atoms in total. The van der Waals surface area contributed by atoms with Crippen molar-refractivity contribution in [2.24, 2.45) is 40.4 Å². The molecule has 4 aliphatic rings. The molecule has 0 radical (unpaired) electrons. The number of carbonyl (C=O) groups is 3. The highest BCUT2D eigenvalue weighted by Crippen LogP contribution is 2.66. The van der Waals surface area contributed by atoms with Crippen molar-refractivity contribution in [3.63, 3.8) is 0 Å². The molecule has 0 aromatic carbocycles. The first-order chi connectivity index (χ1) is 21.7. The molecule has 0 bridgehead atoms. The number of rotatable bonds is 14. The fourth-order valence-electron chi connectivity index (χ4n) is 9.39. The van der Waals surface area contributed by atoms with E-state index in [0.29, 0.717) is 18.5 Å². The first-order valence-electron chi connectivity index (χ1n) is 18.1. The Morgan fingerprint density at radius 3 is 2.43 bits per heavy atom. The van der Waals surface area contributed by atoms with Gasteiger partial charge in [-0.15, -0.1) is 0 Å². The van der Waals surface area contributed by atoms with Crippen molar-refractivity contribution in [2.75, 3.05) is 24.6 Å². The summed E-state index contributed by atoms with van der Waals surface area (Å²) in [4.78, 5) is 36.5. The molecule has 7 atom stereocenters. The number of carbonyl (C=O) groups excluding carboxylic acids is 3. The molecular weight excluding hydrogens is 617 g/mol. The van der Waals surface area contributed by atoms with Gasteiger partial charge in [-0.2, -0.15) is 0 Å². The van der Waals surface area contributed by atoms with Crippen LogP contribution >= 0.6 is 21.6 Å². The maximum Gasteiger partial charge on any atom is 0.407 e. The molecule has 3 fully saturated rings. The van der Waals surface area contributed by atoms with Gasteiger partial charge in [-0.25, -0.2) is 4.79 Å². The summed E-state index contributed by atoms with van der Waals surface area (Å²) in [5, 5.41) is 5.39. The highest BCUT2D eigenvalue weighted by molar-refractivity contribution is 8.77. The lowest BCUT2D eigenvalue weighted by Gasteiger charge is -2.58. The molecule has 46 heavy (non-hydrogen) atoms. The topological polar surface area (TPSA) is 93.7 Å². The van der Waals surface area contributed by atoms with Crippen LogP contribution in [0.1, 0.15) is 126 Å². The van der Waals surface area contributed by atoms with E-state index in [-0.39, 0.29) is 34.9 Å². The molecular formula is C37H62N2O5S2. The average molecular weight is 679 g/mol. The summed E-state index contributed by atoms with van der Waals surface area (Å²) in [6, 6.07) is 0. The summed E-state index contributed by atoms with van der Waals surface area (Å²) in [5.74, 6) is 4.34. The van der Waals surface area contributed by atoms with Crippen molar-refractivity contribution in [3.8, 4) is 0 Å². The molecule has 3 saturated carbocycles. The number of esters is 1. The van der Waals surface area contributed by atoms with Gasteiger partial charge in [0.2, 0.25) is 5.91 Å². The van der Waals surface area contributed by atoms with Gasteiger partial charge in [-0.1, -0.05) is 80.2 Å². The van der Waals surface area contributed by atoms with Crippen LogP contribution in [0.15, 0.2) is 11.6 Å². The minimum Gasteiger partial charge on any atom is -0.461 e. The van der Waals surface area contributed by atoms with Crippen molar-refractivity contribution >= 4 is 39.6 Å². The second-order valence-electron chi connectivity index (χ2n) is 16.4. The van der Waals surface area contributed by atoms with E-state index in [1.807, 2.05) is 0 Å². The van der Waals surface area contributed by atoms with Gasteiger partial charge in [-0.3, -0.25) is 9.59 Å². The van der Waals surface area contributed by atoms with E-state index in [0.717, 1.165) is 48.9 Å². The number of fused-ring (bicyclic) bond motifs is 5. The molecule has 262 valence electrons. The average Bonchev–Trinajstić information content (AvgIpc) is 3.31. The van der Waals surface area contributed by atoms with Gasteiger partial charge in [0.25, 0.3) is 0 Å². The van der Waals surface area contributed by atoms with E-state index in [2.05, 4.69) is 44.4 Å². The lowest BCUT2D eigenvalue weighted by atomic mass is 9.47. The largest absolute Gasteiger partial charge is 0.461 e. The number of allylic oxidation sites excluding steroid dienone is 1. The van der Waals surface area contributed by atoms with Gasteiger partial charge < -0.3 is 20.1 Å². The van der Waals surface area contributed by atoms with Crippen molar-refractivity contribution in [2.45, 2.75) is 137 Å². The van der Waals surface area contributed by atoms with E-state index >= 15 is 0 Å². The number of alkyl carbamates (subject to hydrolysis) is 1. The predicted octanol–water partition coefficient (Wildman–Crippen LogP) is 8.72. The van der Waals surface area contributed by atoms with Crippen LogP contribution in [-0.2, 0) is 19.1 Å². The van der Waals surface area contributed by atoms with E-state index in [4.69, 9.17) is 9.47 Å². The molecule has 0 aliphatic heterocycles. The van der Waals surface area contributed by atoms with Crippen LogP contribution in [0.2, 0.25) is 0 Å².